The van der Waals surface area contributed by atoms with Gasteiger partial charge >= 0.3 is 0 Å². The molecule has 1 amide bonds. The molecule has 0 heterocycles. The van der Waals surface area contributed by atoms with Crippen molar-refractivity contribution in [3.63, 3.8) is 0 Å². The number of para-hydroxylation sites is 1. The maximum absolute atomic E-state index is 11.1. The van der Waals surface area contributed by atoms with E-state index in [0.29, 0.717) is 6.04 Å². The van der Waals surface area contributed by atoms with E-state index >= 15 is 0 Å². The molecule has 1 aliphatic rings. The van der Waals surface area contributed by atoms with Gasteiger partial charge in [0, 0.05) is 25.2 Å². The molecular weight excluding hydrogens is 212 g/mol. The molecule has 3 nitrogen and oxygen atoms in total. The third kappa shape index (κ3) is 3.43. The number of anilines is 1. The Morgan fingerprint density at radius 1 is 1.29 bits per heavy atom. The molecule has 0 unspecified atom stereocenters. The fourth-order valence-corrected chi connectivity index (χ4v) is 2.02. The highest BCUT2D eigenvalue weighted by atomic mass is 16.1. The highest BCUT2D eigenvalue weighted by Gasteiger charge is 2.10. The lowest BCUT2D eigenvalue weighted by atomic mass is 10.1. The molecule has 0 fully saturated rings. The third-order valence-corrected chi connectivity index (χ3v) is 2.92. The molecule has 0 spiro atoms. The fraction of sp³-hybridized carbons (Fsp3) is 0.357. The Hall–Kier alpha value is -1.61. The third-order valence-electron chi connectivity index (χ3n) is 2.92. The van der Waals surface area contributed by atoms with E-state index in [4.69, 9.17) is 0 Å². The lowest BCUT2D eigenvalue weighted by Crippen LogP contribution is -2.26. The van der Waals surface area contributed by atoms with Crippen LogP contribution in [0.25, 0.3) is 0 Å². The minimum Gasteiger partial charge on any atom is -0.326 e. The summed E-state index contributed by atoms with van der Waals surface area (Å²) in [4.78, 5) is 11.1. The zero-order chi connectivity index (χ0) is 12.1. The van der Waals surface area contributed by atoms with Crippen molar-refractivity contribution in [2.75, 3.05) is 5.32 Å². The van der Waals surface area contributed by atoms with Gasteiger partial charge in [0.15, 0.2) is 0 Å². The van der Waals surface area contributed by atoms with Crippen molar-refractivity contribution in [1.82, 2.24) is 5.32 Å². The van der Waals surface area contributed by atoms with Gasteiger partial charge in [-0.15, -0.1) is 0 Å². The van der Waals surface area contributed by atoms with E-state index in [1.165, 1.54) is 6.92 Å². The molecule has 2 N–H and O–H groups in total. The number of carbonyl (C=O) groups excluding carboxylic acids is 1. The first kappa shape index (κ1) is 11.9. The number of nitrogens with one attached hydrogen (secondary N) is 2. The average molecular weight is 230 g/mol. The first-order valence-corrected chi connectivity index (χ1v) is 5.99. The number of amides is 1. The van der Waals surface area contributed by atoms with Crippen LogP contribution in [-0.2, 0) is 11.3 Å². The topological polar surface area (TPSA) is 41.1 Å². The summed E-state index contributed by atoms with van der Waals surface area (Å²) in [5.41, 5.74) is 2.04. The average Bonchev–Trinajstić information content (AvgIpc) is 2.80. The molecule has 1 aromatic rings. The summed E-state index contributed by atoms with van der Waals surface area (Å²) in [7, 11) is 0. The van der Waals surface area contributed by atoms with Gasteiger partial charge in [-0.05, 0) is 24.5 Å². The van der Waals surface area contributed by atoms with Crippen molar-refractivity contribution in [3.05, 3.63) is 42.0 Å². The summed E-state index contributed by atoms with van der Waals surface area (Å²) in [6, 6.07) is 8.45. The van der Waals surface area contributed by atoms with Crippen molar-refractivity contribution < 1.29 is 4.79 Å². The van der Waals surface area contributed by atoms with Crippen LogP contribution in [0.15, 0.2) is 36.4 Å². The van der Waals surface area contributed by atoms with Gasteiger partial charge in [0.1, 0.15) is 0 Å². The normalized spacial score (nSPS) is 15.1. The Morgan fingerprint density at radius 3 is 2.71 bits per heavy atom. The zero-order valence-electron chi connectivity index (χ0n) is 10.1. The maximum atomic E-state index is 11.1. The Morgan fingerprint density at radius 2 is 2.00 bits per heavy atom. The van der Waals surface area contributed by atoms with Gasteiger partial charge in [0.25, 0.3) is 0 Å². The van der Waals surface area contributed by atoms with Gasteiger partial charge in [-0.3, -0.25) is 4.79 Å². The summed E-state index contributed by atoms with van der Waals surface area (Å²) in [6.07, 6.45) is 6.61. The maximum Gasteiger partial charge on any atom is 0.221 e. The van der Waals surface area contributed by atoms with Gasteiger partial charge in [0.2, 0.25) is 5.91 Å². The van der Waals surface area contributed by atoms with Crippen LogP contribution in [0.3, 0.4) is 0 Å². The van der Waals surface area contributed by atoms with E-state index in [2.05, 4.69) is 22.8 Å². The monoisotopic (exact) mass is 230 g/mol. The van der Waals surface area contributed by atoms with Crippen LogP contribution in [-0.4, -0.2) is 11.9 Å². The second kappa shape index (κ2) is 5.64. The van der Waals surface area contributed by atoms with E-state index in [1.54, 1.807) is 0 Å². The lowest BCUT2D eigenvalue weighted by molar-refractivity contribution is -0.114. The molecule has 0 aromatic heterocycles. The molecule has 0 radical (unpaired) electrons. The van der Waals surface area contributed by atoms with Crippen LogP contribution in [0.2, 0.25) is 0 Å². The van der Waals surface area contributed by atoms with Gasteiger partial charge in [-0.1, -0.05) is 30.4 Å². The van der Waals surface area contributed by atoms with Gasteiger partial charge in [-0.2, -0.15) is 0 Å². The molecule has 0 atom stereocenters. The summed E-state index contributed by atoms with van der Waals surface area (Å²) < 4.78 is 0. The van der Waals surface area contributed by atoms with Crippen LogP contribution < -0.4 is 10.6 Å². The molecular formula is C14H18N2O. The van der Waals surface area contributed by atoms with Crippen molar-refractivity contribution in [1.29, 1.82) is 0 Å². The molecule has 1 aromatic carbocycles. The standard InChI is InChI=1S/C14H18N2O/c1-11(17)16-14-9-5-2-6-12(14)10-15-13-7-3-4-8-13/h2-6,9,13,15H,7-8,10H2,1H3,(H,16,17). The number of benzene rings is 1. The Labute approximate surface area is 102 Å². The second-order valence-electron chi connectivity index (χ2n) is 4.36. The smallest absolute Gasteiger partial charge is 0.221 e. The fourth-order valence-electron chi connectivity index (χ4n) is 2.02. The number of carbonyl (C=O) groups is 1. The SMILES string of the molecule is CC(=O)Nc1ccccc1CNC1CC=CC1. The van der Waals surface area contributed by atoms with Crippen LogP contribution >= 0.6 is 0 Å². The minimum atomic E-state index is -0.0278. The molecule has 2 rings (SSSR count). The molecule has 17 heavy (non-hydrogen) atoms. The lowest BCUT2D eigenvalue weighted by Gasteiger charge is -2.14. The molecule has 0 saturated heterocycles. The van der Waals surface area contributed by atoms with E-state index in [9.17, 15) is 4.79 Å². The van der Waals surface area contributed by atoms with Crippen LogP contribution in [0.1, 0.15) is 25.3 Å². The first-order chi connectivity index (χ1) is 8.25. The van der Waals surface area contributed by atoms with Crippen molar-refractivity contribution >= 4 is 11.6 Å². The van der Waals surface area contributed by atoms with E-state index in [-0.39, 0.29) is 5.91 Å². The van der Waals surface area contributed by atoms with Crippen LogP contribution in [0.5, 0.6) is 0 Å². The number of rotatable bonds is 4. The highest BCUT2D eigenvalue weighted by molar-refractivity contribution is 5.89. The van der Waals surface area contributed by atoms with Gasteiger partial charge in [0.05, 0.1) is 0 Å². The van der Waals surface area contributed by atoms with Gasteiger partial charge < -0.3 is 10.6 Å². The van der Waals surface area contributed by atoms with Gasteiger partial charge in [-0.25, -0.2) is 0 Å². The predicted octanol–water partition coefficient (Wildman–Crippen LogP) is 2.45. The summed E-state index contributed by atoms with van der Waals surface area (Å²) in [5, 5.41) is 6.35. The Bertz CT molecular complexity index is 418. The quantitative estimate of drug-likeness (QED) is 0.780. The van der Waals surface area contributed by atoms with Crippen LogP contribution in [0.4, 0.5) is 5.69 Å². The number of hydrogen-bond acceptors (Lipinski definition) is 2. The molecule has 0 aliphatic heterocycles. The summed E-state index contributed by atoms with van der Waals surface area (Å²) in [6.45, 7) is 2.33. The predicted molar refractivity (Wildman–Crippen MR) is 69.7 cm³/mol. The largest absolute Gasteiger partial charge is 0.326 e. The zero-order valence-corrected chi connectivity index (χ0v) is 10.1. The Balaban J connectivity index is 1.96. The van der Waals surface area contributed by atoms with Crippen molar-refractivity contribution in [2.24, 2.45) is 0 Å². The van der Waals surface area contributed by atoms with E-state index in [0.717, 1.165) is 30.6 Å². The molecule has 0 saturated carbocycles. The van der Waals surface area contributed by atoms with E-state index in [1.807, 2.05) is 24.3 Å². The highest BCUT2D eigenvalue weighted by Crippen LogP contribution is 2.16. The Kier molecular flexibility index (Phi) is 3.94. The second-order valence-corrected chi connectivity index (χ2v) is 4.36. The summed E-state index contributed by atoms with van der Waals surface area (Å²) in [5.74, 6) is -0.0278. The number of hydrogen-bond donors (Lipinski definition) is 2. The summed E-state index contributed by atoms with van der Waals surface area (Å²) >= 11 is 0. The van der Waals surface area contributed by atoms with E-state index < -0.39 is 0 Å². The molecule has 90 valence electrons. The van der Waals surface area contributed by atoms with Crippen molar-refractivity contribution in [3.8, 4) is 0 Å². The first-order valence-electron chi connectivity index (χ1n) is 5.99. The molecule has 0 bridgehead atoms. The van der Waals surface area contributed by atoms with Crippen molar-refractivity contribution in [2.45, 2.75) is 32.4 Å². The molecule has 3 heteroatoms. The minimum absolute atomic E-state index is 0.0278. The molecule has 1 aliphatic carbocycles. The van der Waals surface area contributed by atoms with Crippen LogP contribution in [0, 0.1) is 0 Å².